The summed E-state index contributed by atoms with van der Waals surface area (Å²) in [6.45, 7) is 14.7. The zero-order valence-corrected chi connectivity index (χ0v) is 21.1. The summed E-state index contributed by atoms with van der Waals surface area (Å²) in [5.74, 6) is 5.62. The predicted octanol–water partition coefficient (Wildman–Crippen LogP) is 7.20. The van der Waals surface area contributed by atoms with E-state index in [0.29, 0.717) is 23.7 Å². The van der Waals surface area contributed by atoms with Crippen molar-refractivity contribution in [1.29, 1.82) is 0 Å². The van der Waals surface area contributed by atoms with Gasteiger partial charge in [-0.25, -0.2) is 0 Å². The molecule has 3 saturated carbocycles. The maximum Gasteiger partial charge on any atom is 0.155 e. The van der Waals surface area contributed by atoms with Crippen molar-refractivity contribution in [2.45, 2.75) is 112 Å². The van der Waals surface area contributed by atoms with Crippen LogP contribution in [-0.2, 0) is 4.79 Å². The summed E-state index contributed by atoms with van der Waals surface area (Å²) in [5.41, 5.74) is 1.57. The van der Waals surface area contributed by atoms with Crippen molar-refractivity contribution in [2.24, 2.45) is 52.3 Å². The number of fused-ring (bicyclic) bond motifs is 5. The maximum atomic E-state index is 12.1. The molecule has 1 N–H and O–H groups in total. The van der Waals surface area contributed by atoms with Gasteiger partial charge in [-0.1, -0.05) is 54.4 Å². The Morgan fingerprint density at radius 2 is 1.81 bits per heavy atom. The van der Waals surface area contributed by atoms with Crippen molar-refractivity contribution in [3.05, 3.63) is 11.6 Å². The summed E-state index contributed by atoms with van der Waals surface area (Å²) in [7, 11) is 0. The number of hydrogen-bond acceptors (Lipinski definition) is 2. The van der Waals surface area contributed by atoms with E-state index in [0.717, 1.165) is 48.0 Å². The zero-order valence-electron chi connectivity index (χ0n) is 21.1. The second kappa shape index (κ2) is 8.62. The van der Waals surface area contributed by atoms with E-state index in [-0.39, 0.29) is 11.2 Å². The third-order valence-corrected chi connectivity index (χ3v) is 11.2. The van der Waals surface area contributed by atoms with E-state index < -0.39 is 6.10 Å². The molecule has 0 bridgehead atoms. The smallest absolute Gasteiger partial charge is 0.155 e. The number of hydrogen-bond donors (Lipinski definition) is 1. The highest BCUT2D eigenvalue weighted by Crippen LogP contribution is 2.67. The number of carbonyl (C=O) groups is 1. The van der Waals surface area contributed by atoms with E-state index in [1.165, 1.54) is 44.9 Å². The van der Waals surface area contributed by atoms with Gasteiger partial charge in [0.15, 0.2) is 5.78 Å². The van der Waals surface area contributed by atoms with E-state index in [2.05, 4.69) is 41.5 Å². The molecule has 3 fully saturated rings. The van der Waals surface area contributed by atoms with Crippen molar-refractivity contribution in [2.75, 3.05) is 0 Å². The Labute approximate surface area is 191 Å². The summed E-state index contributed by atoms with van der Waals surface area (Å²) >= 11 is 0. The summed E-state index contributed by atoms with van der Waals surface area (Å²) < 4.78 is 0. The highest BCUT2D eigenvalue weighted by molar-refractivity contribution is 5.91. The van der Waals surface area contributed by atoms with Gasteiger partial charge in [-0.05, 0) is 109 Å². The molecule has 4 aliphatic carbocycles. The van der Waals surface area contributed by atoms with Crippen molar-refractivity contribution in [3.8, 4) is 0 Å². The van der Waals surface area contributed by atoms with E-state index in [1.54, 1.807) is 0 Å². The Balaban J connectivity index is 1.51. The third kappa shape index (κ3) is 3.87. The van der Waals surface area contributed by atoms with Gasteiger partial charge in [-0.3, -0.25) is 4.79 Å². The first kappa shape index (κ1) is 23.5. The lowest BCUT2D eigenvalue weighted by Gasteiger charge is -2.59. The molecule has 4 rings (SSSR count). The van der Waals surface area contributed by atoms with Gasteiger partial charge in [-0.15, -0.1) is 0 Å². The minimum atomic E-state index is -0.398. The van der Waals surface area contributed by atoms with Crippen LogP contribution in [0.3, 0.4) is 0 Å². The second-order valence-electron chi connectivity index (χ2n) is 12.8. The topological polar surface area (TPSA) is 37.3 Å². The third-order valence-electron chi connectivity index (χ3n) is 11.2. The molecule has 4 aliphatic rings. The molecule has 0 radical (unpaired) electrons. The van der Waals surface area contributed by atoms with Crippen molar-refractivity contribution in [3.63, 3.8) is 0 Å². The Morgan fingerprint density at radius 1 is 1.06 bits per heavy atom. The molecule has 0 heterocycles. The monoisotopic (exact) mass is 428 g/mol. The van der Waals surface area contributed by atoms with Crippen LogP contribution < -0.4 is 0 Å². The predicted molar refractivity (Wildman–Crippen MR) is 129 cm³/mol. The van der Waals surface area contributed by atoms with Crippen LogP contribution in [0.4, 0.5) is 0 Å². The van der Waals surface area contributed by atoms with E-state index in [4.69, 9.17) is 0 Å². The van der Waals surface area contributed by atoms with Crippen molar-refractivity contribution in [1.82, 2.24) is 0 Å². The number of aliphatic hydroxyl groups is 1. The average molecular weight is 429 g/mol. The van der Waals surface area contributed by atoms with Crippen LogP contribution in [0.25, 0.3) is 0 Å². The summed E-state index contributed by atoms with van der Waals surface area (Å²) in [5, 5.41) is 11.1. The zero-order chi connectivity index (χ0) is 22.6. The Hall–Kier alpha value is -0.630. The molecule has 0 aromatic carbocycles. The molecule has 2 heteroatoms. The molecule has 31 heavy (non-hydrogen) atoms. The average Bonchev–Trinajstić information content (AvgIpc) is 3.07. The standard InChI is InChI=1S/C29H48O2/c1-7-20(18(2)3)9-8-19(4)23-10-11-24-22-17-27(31)26-16-21(30)12-14-29(26,6)25(22)13-15-28(23,24)5/h16,18-20,22-25,27,31H,7-15,17H2,1-6H3/t19-,20-,22+,23-,24+,25+,27-,28+,29+/m0/s1. The maximum absolute atomic E-state index is 12.1. The Bertz CT molecular complexity index is 708. The van der Waals surface area contributed by atoms with E-state index in [9.17, 15) is 9.90 Å². The lowest BCUT2D eigenvalue weighted by molar-refractivity contribution is -0.119. The highest BCUT2D eigenvalue weighted by Gasteiger charge is 2.60. The molecule has 2 nitrogen and oxygen atoms in total. The fraction of sp³-hybridized carbons (Fsp3) is 0.897. The van der Waals surface area contributed by atoms with Crippen LogP contribution in [0.2, 0.25) is 0 Å². The van der Waals surface area contributed by atoms with Gasteiger partial charge in [0.2, 0.25) is 0 Å². The molecule has 176 valence electrons. The number of rotatable bonds is 6. The van der Waals surface area contributed by atoms with Crippen LogP contribution >= 0.6 is 0 Å². The van der Waals surface area contributed by atoms with Gasteiger partial charge in [0.1, 0.15) is 0 Å². The molecular weight excluding hydrogens is 380 g/mol. The molecule has 0 unspecified atom stereocenters. The Kier molecular flexibility index (Phi) is 6.54. The van der Waals surface area contributed by atoms with Gasteiger partial charge in [0.05, 0.1) is 6.10 Å². The number of aliphatic hydroxyl groups excluding tert-OH is 1. The fourth-order valence-corrected chi connectivity index (χ4v) is 9.27. The first-order valence-corrected chi connectivity index (χ1v) is 13.5. The lowest BCUT2D eigenvalue weighted by atomic mass is 9.46. The van der Waals surface area contributed by atoms with Gasteiger partial charge in [-0.2, -0.15) is 0 Å². The SMILES string of the molecule is CC[C@@H](CC[C@H](C)[C@@H]1CC[C@@H]2[C@H]3C[C@H](O)C4=CC(=O)CC[C@]4(C)[C@@H]3CC[C@@]21C)C(C)C. The van der Waals surface area contributed by atoms with Crippen LogP contribution in [-0.4, -0.2) is 17.0 Å². The van der Waals surface area contributed by atoms with Gasteiger partial charge in [0.25, 0.3) is 0 Å². The molecule has 0 aromatic rings. The molecule has 0 aromatic heterocycles. The quantitative estimate of drug-likeness (QED) is 0.485. The van der Waals surface area contributed by atoms with Crippen LogP contribution in [0.15, 0.2) is 11.6 Å². The second-order valence-corrected chi connectivity index (χ2v) is 12.8. The molecule has 0 amide bonds. The highest BCUT2D eigenvalue weighted by atomic mass is 16.3. The lowest BCUT2D eigenvalue weighted by Crippen LogP contribution is -2.54. The molecule has 0 saturated heterocycles. The normalized spacial score (nSPS) is 44.3. The van der Waals surface area contributed by atoms with Gasteiger partial charge < -0.3 is 5.11 Å². The first-order valence-electron chi connectivity index (χ1n) is 13.5. The minimum Gasteiger partial charge on any atom is -0.389 e. The summed E-state index contributed by atoms with van der Waals surface area (Å²) in [6, 6.07) is 0. The minimum absolute atomic E-state index is 0.0485. The molecular formula is C29H48O2. The van der Waals surface area contributed by atoms with Crippen molar-refractivity contribution < 1.29 is 9.90 Å². The summed E-state index contributed by atoms with van der Waals surface area (Å²) in [4.78, 5) is 12.1. The number of ketones is 1. The van der Waals surface area contributed by atoms with Crippen molar-refractivity contribution >= 4 is 5.78 Å². The molecule has 0 spiro atoms. The Morgan fingerprint density at radius 3 is 2.48 bits per heavy atom. The van der Waals surface area contributed by atoms with Crippen LogP contribution in [0.1, 0.15) is 106 Å². The largest absolute Gasteiger partial charge is 0.389 e. The van der Waals surface area contributed by atoms with Crippen LogP contribution in [0, 0.1) is 52.3 Å². The number of carbonyl (C=O) groups excluding carboxylic acids is 1. The van der Waals surface area contributed by atoms with Gasteiger partial charge in [0, 0.05) is 6.42 Å². The fourth-order valence-electron chi connectivity index (χ4n) is 9.27. The van der Waals surface area contributed by atoms with Gasteiger partial charge >= 0.3 is 0 Å². The molecule has 9 atom stereocenters. The van der Waals surface area contributed by atoms with E-state index in [1.807, 2.05) is 6.08 Å². The molecule has 0 aliphatic heterocycles. The van der Waals surface area contributed by atoms with E-state index >= 15 is 0 Å². The summed E-state index contributed by atoms with van der Waals surface area (Å²) in [6.07, 6.45) is 13.4. The first-order chi connectivity index (χ1) is 14.6. The van der Waals surface area contributed by atoms with Crippen LogP contribution in [0.5, 0.6) is 0 Å².